The third-order valence-corrected chi connectivity index (χ3v) is 4.55. The first kappa shape index (κ1) is 16.5. The summed E-state index contributed by atoms with van der Waals surface area (Å²) in [6, 6.07) is 0. The minimum atomic E-state index is -0.291. The summed E-state index contributed by atoms with van der Waals surface area (Å²) in [4.78, 5) is 0. The number of aliphatic hydroxyl groups excluding tert-OH is 1. The molecule has 110 valence electrons. The van der Waals surface area contributed by atoms with E-state index in [4.69, 9.17) is 0 Å². The Labute approximate surface area is 119 Å². The van der Waals surface area contributed by atoms with Crippen molar-refractivity contribution in [3.63, 3.8) is 0 Å². The van der Waals surface area contributed by atoms with Crippen molar-refractivity contribution < 1.29 is 5.11 Å². The molecule has 0 heterocycles. The molecule has 0 aliphatic heterocycles. The first-order chi connectivity index (χ1) is 8.83. The topological polar surface area (TPSA) is 20.2 Å². The molecule has 19 heavy (non-hydrogen) atoms. The lowest BCUT2D eigenvalue weighted by Gasteiger charge is -2.41. The Morgan fingerprint density at radius 1 is 1.37 bits per heavy atom. The Kier molecular flexibility index (Phi) is 6.32. The lowest BCUT2D eigenvalue weighted by Crippen LogP contribution is -2.32. The van der Waals surface area contributed by atoms with E-state index in [2.05, 4.69) is 46.8 Å². The van der Waals surface area contributed by atoms with E-state index in [0.717, 1.165) is 18.8 Å². The van der Waals surface area contributed by atoms with E-state index in [0.29, 0.717) is 11.3 Å². The summed E-state index contributed by atoms with van der Waals surface area (Å²) >= 11 is 0. The summed E-state index contributed by atoms with van der Waals surface area (Å²) in [6.45, 7) is 11.3. The van der Waals surface area contributed by atoms with Gasteiger partial charge in [0.15, 0.2) is 0 Å². The molecular formula is C18H32O. The van der Waals surface area contributed by atoms with Gasteiger partial charge in [0.1, 0.15) is 0 Å². The number of allylic oxidation sites excluding steroid dienone is 3. The average molecular weight is 264 g/mol. The zero-order valence-electron chi connectivity index (χ0n) is 13.4. The molecule has 0 saturated heterocycles. The van der Waals surface area contributed by atoms with Crippen LogP contribution in [0.3, 0.4) is 0 Å². The minimum Gasteiger partial charge on any atom is -0.389 e. The zero-order chi connectivity index (χ0) is 14.5. The van der Waals surface area contributed by atoms with Gasteiger partial charge in [-0.15, -0.1) is 0 Å². The summed E-state index contributed by atoms with van der Waals surface area (Å²) in [5.41, 5.74) is 1.71. The Morgan fingerprint density at radius 3 is 2.63 bits per heavy atom. The SMILES string of the molecule is CC(C)=CCCC(O)C=CC1C(C)CCCC1(C)C. The predicted octanol–water partition coefficient (Wildman–Crippen LogP) is 5.11. The van der Waals surface area contributed by atoms with Crippen molar-refractivity contribution in [2.45, 2.75) is 72.8 Å². The lowest BCUT2D eigenvalue weighted by molar-refractivity contribution is 0.121. The van der Waals surface area contributed by atoms with Gasteiger partial charge in [0.2, 0.25) is 0 Å². The molecule has 0 aromatic carbocycles. The van der Waals surface area contributed by atoms with Gasteiger partial charge in [-0.3, -0.25) is 0 Å². The summed E-state index contributed by atoms with van der Waals surface area (Å²) in [7, 11) is 0. The van der Waals surface area contributed by atoms with E-state index in [9.17, 15) is 5.11 Å². The van der Waals surface area contributed by atoms with Crippen LogP contribution in [0.15, 0.2) is 23.8 Å². The van der Waals surface area contributed by atoms with Crippen molar-refractivity contribution in [3.8, 4) is 0 Å². The largest absolute Gasteiger partial charge is 0.389 e. The van der Waals surface area contributed by atoms with Crippen molar-refractivity contribution in [3.05, 3.63) is 23.8 Å². The molecule has 1 nitrogen and oxygen atoms in total. The third kappa shape index (κ3) is 5.52. The van der Waals surface area contributed by atoms with E-state index < -0.39 is 0 Å². The van der Waals surface area contributed by atoms with Crippen LogP contribution in [-0.2, 0) is 0 Å². The molecule has 3 atom stereocenters. The molecule has 1 N–H and O–H groups in total. The van der Waals surface area contributed by atoms with E-state index in [1.165, 1.54) is 24.8 Å². The molecule has 1 aliphatic rings. The highest BCUT2D eigenvalue weighted by Gasteiger charge is 2.34. The van der Waals surface area contributed by atoms with Crippen LogP contribution in [0.2, 0.25) is 0 Å². The number of rotatable bonds is 5. The Bertz CT molecular complexity index is 321. The van der Waals surface area contributed by atoms with Crippen LogP contribution in [0.1, 0.15) is 66.7 Å². The molecule has 1 heteroatoms. The molecule has 1 saturated carbocycles. The third-order valence-electron chi connectivity index (χ3n) is 4.55. The Morgan fingerprint density at radius 2 is 2.05 bits per heavy atom. The molecule has 1 rings (SSSR count). The van der Waals surface area contributed by atoms with Crippen LogP contribution < -0.4 is 0 Å². The highest BCUT2D eigenvalue weighted by Crippen LogP contribution is 2.44. The van der Waals surface area contributed by atoms with Gasteiger partial charge in [0, 0.05) is 0 Å². The van der Waals surface area contributed by atoms with E-state index in [1.807, 2.05) is 6.08 Å². The fourth-order valence-corrected chi connectivity index (χ4v) is 3.33. The van der Waals surface area contributed by atoms with E-state index in [-0.39, 0.29) is 6.10 Å². The summed E-state index contributed by atoms with van der Waals surface area (Å²) < 4.78 is 0. The standard InChI is InChI=1S/C18H32O/c1-14(2)8-6-10-16(19)11-12-17-15(3)9-7-13-18(17,4)5/h8,11-12,15-17,19H,6-7,9-10,13H2,1-5H3. The van der Waals surface area contributed by atoms with Crippen molar-refractivity contribution in [1.82, 2.24) is 0 Å². The molecule has 0 aromatic heterocycles. The van der Waals surface area contributed by atoms with Gasteiger partial charge < -0.3 is 5.11 Å². The number of aliphatic hydroxyl groups is 1. The first-order valence-electron chi connectivity index (χ1n) is 7.82. The maximum atomic E-state index is 10.0. The second-order valence-electron chi connectivity index (χ2n) is 7.19. The molecule has 0 spiro atoms. The van der Waals surface area contributed by atoms with Crippen LogP contribution in [-0.4, -0.2) is 11.2 Å². The van der Waals surface area contributed by atoms with E-state index >= 15 is 0 Å². The van der Waals surface area contributed by atoms with Crippen LogP contribution >= 0.6 is 0 Å². The highest BCUT2D eigenvalue weighted by atomic mass is 16.3. The van der Waals surface area contributed by atoms with E-state index in [1.54, 1.807) is 0 Å². The molecule has 3 unspecified atom stereocenters. The van der Waals surface area contributed by atoms with Gasteiger partial charge in [-0.05, 0) is 50.4 Å². The highest BCUT2D eigenvalue weighted by molar-refractivity contribution is 5.02. The monoisotopic (exact) mass is 264 g/mol. The van der Waals surface area contributed by atoms with Gasteiger partial charge in [0.25, 0.3) is 0 Å². The van der Waals surface area contributed by atoms with Crippen molar-refractivity contribution in [1.29, 1.82) is 0 Å². The molecule has 0 bridgehead atoms. The second kappa shape index (κ2) is 7.28. The zero-order valence-corrected chi connectivity index (χ0v) is 13.4. The van der Waals surface area contributed by atoms with Crippen molar-refractivity contribution >= 4 is 0 Å². The van der Waals surface area contributed by atoms with Crippen LogP contribution in [0.4, 0.5) is 0 Å². The van der Waals surface area contributed by atoms with Crippen molar-refractivity contribution in [2.24, 2.45) is 17.3 Å². The molecular weight excluding hydrogens is 232 g/mol. The summed E-state index contributed by atoms with van der Waals surface area (Å²) in [5.74, 6) is 1.35. The van der Waals surface area contributed by atoms with Gasteiger partial charge >= 0.3 is 0 Å². The maximum absolute atomic E-state index is 10.0. The van der Waals surface area contributed by atoms with Crippen LogP contribution in [0.5, 0.6) is 0 Å². The molecule has 1 fully saturated rings. The lowest BCUT2D eigenvalue weighted by atomic mass is 9.64. The quantitative estimate of drug-likeness (QED) is 0.684. The number of hydrogen-bond donors (Lipinski definition) is 1. The van der Waals surface area contributed by atoms with Crippen LogP contribution in [0, 0.1) is 17.3 Å². The second-order valence-corrected chi connectivity index (χ2v) is 7.19. The average Bonchev–Trinajstić information content (AvgIpc) is 2.26. The smallest absolute Gasteiger partial charge is 0.0724 e. The maximum Gasteiger partial charge on any atom is 0.0724 e. The predicted molar refractivity (Wildman–Crippen MR) is 84.1 cm³/mol. The summed E-state index contributed by atoms with van der Waals surface area (Å²) in [6.07, 6.45) is 12.0. The van der Waals surface area contributed by atoms with Crippen LogP contribution in [0.25, 0.3) is 0 Å². The van der Waals surface area contributed by atoms with Gasteiger partial charge in [-0.2, -0.15) is 0 Å². The molecule has 0 aromatic rings. The molecule has 0 radical (unpaired) electrons. The van der Waals surface area contributed by atoms with Gasteiger partial charge in [-0.1, -0.05) is 57.4 Å². The fourth-order valence-electron chi connectivity index (χ4n) is 3.33. The number of hydrogen-bond acceptors (Lipinski definition) is 1. The van der Waals surface area contributed by atoms with Gasteiger partial charge in [-0.25, -0.2) is 0 Å². The normalized spacial score (nSPS) is 28.3. The Hall–Kier alpha value is -0.560. The Balaban J connectivity index is 2.51. The van der Waals surface area contributed by atoms with Crippen molar-refractivity contribution in [2.75, 3.05) is 0 Å². The fraction of sp³-hybridized carbons (Fsp3) is 0.778. The molecule has 1 aliphatic carbocycles. The molecule has 0 amide bonds. The minimum absolute atomic E-state index is 0.291. The van der Waals surface area contributed by atoms with Gasteiger partial charge in [0.05, 0.1) is 6.10 Å². The first-order valence-corrected chi connectivity index (χ1v) is 7.82. The summed E-state index contributed by atoms with van der Waals surface area (Å²) in [5, 5.41) is 10.0.